The molecule has 1 N–H and O–H groups in total. The van der Waals surface area contributed by atoms with Crippen LogP contribution in [0.4, 0.5) is 11.4 Å². The Bertz CT molecular complexity index is 713. The normalized spacial score (nSPS) is 17.2. The highest BCUT2D eigenvalue weighted by atomic mass is 16.5. The Morgan fingerprint density at radius 2 is 1.79 bits per heavy atom. The number of benzene rings is 2. The van der Waals surface area contributed by atoms with E-state index in [0.717, 1.165) is 17.9 Å². The lowest BCUT2D eigenvalue weighted by molar-refractivity contribution is -0.121. The fourth-order valence-corrected chi connectivity index (χ4v) is 2.66. The van der Waals surface area contributed by atoms with Gasteiger partial charge in [0, 0.05) is 5.69 Å². The molecule has 0 aromatic heterocycles. The average molecular weight is 324 g/mol. The summed E-state index contributed by atoms with van der Waals surface area (Å²) in [6.45, 7) is 2.68. The van der Waals surface area contributed by atoms with Gasteiger partial charge < -0.3 is 10.1 Å². The highest BCUT2D eigenvalue weighted by Gasteiger charge is 2.39. The van der Waals surface area contributed by atoms with Crippen molar-refractivity contribution in [2.75, 3.05) is 16.8 Å². The fourth-order valence-electron chi connectivity index (χ4n) is 2.66. The van der Waals surface area contributed by atoms with Crippen LogP contribution in [0.15, 0.2) is 54.6 Å². The van der Waals surface area contributed by atoms with Gasteiger partial charge in [0.25, 0.3) is 5.91 Å². The number of hydrogen-bond acceptors (Lipinski definition) is 4. The third kappa shape index (κ3) is 3.40. The zero-order valence-electron chi connectivity index (χ0n) is 13.6. The number of nitrogens with one attached hydrogen (secondary N) is 1. The van der Waals surface area contributed by atoms with Crippen molar-refractivity contribution in [2.45, 2.75) is 25.8 Å². The molecule has 5 nitrogen and oxygen atoms in total. The molecule has 3 rings (SSSR count). The van der Waals surface area contributed by atoms with Gasteiger partial charge in [-0.05, 0) is 42.8 Å². The molecule has 1 saturated heterocycles. The van der Waals surface area contributed by atoms with E-state index in [1.165, 1.54) is 4.90 Å². The Morgan fingerprint density at radius 3 is 2.46 bits per heavy atom. The van der Waals surface area contributed by atoms with E-state index in [2.05, 4.69) is 5.32 Å². The van der Waals surface area contributed by atoms with E-state index >= 15 is 0 Å². The smallest absolute Gasteiger partial charge is 0.256 e. The van der Waals surface area contributed by atoms with Crippen molar-refractivity contribution in [1.82, 2.24) is 0 Å². The first-order valence-corrected chi connectivity index (χ1v) is 8.10. The van der Waals surface area contributed by atoms with E-state index in [-0.39, 0.29) is 18.2 Å². The number of ether oxygens (including phenoxy) is 1. The third-order valence-electron chi connectivity index (χ3n) is 3.83. The number of amides is 2. The third-order valence-corrected chi connectivity index (χ3v) is 3.83. The monoisotopic (exact) mass is 324 g/mol. The number of nitrogens with zero attached hydrogens (tertiary/aromatic N) is 1. The van der Waals surface area contributed by atoms with Crippen molar-refractivity contribution < 1.29 is 14.3 Å². The van der Waals surface area contributed by atoms with E-state index in [4.69, 9.17) is 4.74 Å². The Hall–Kier alpha value is -2.82. The fraction of sp³-hybridized carbons (Fsp3) is 0.263. The molecule has 1 atom stereocenters. The van der Waals surface area contributed by atoms with Crippen LogP contribution in [-0.2, 0) is 9.59 Å². The van der Waals surface area contributed by atoms with Gasteiger partial charge in [0.2, 0.25) is 5.91 Å². The molecule has 1 aliphatic rings. The maximum atomic E-state index is 12.6. The summed E-state index contributed by atoms with van der Waals surface area (Å²) in [7, 11) is 0. The standard InChI is InChI=1S/C19H20N2O3/c1-2-12-24-16-10-8-15(9-11-16)21-18(22)13-17(19(21)23)20-14-6-4-3-5-7-14/h3-11,17,20H,2,12-13H2,1H3. The maximum Gasteiger partial charge on any atom is 0.256 e. The predicted molar refractivity (Wildman–Crippen MR) is 93.2 cm³/mol. The topological polar surface area (TPSA) is 58.6 Å². The highest BCUT2D eigenvalue weighted by Crippen LogP contribution is 2.26. The number of carbonyl (C=O) groups excluding carboxylic acids is 2. The summed E-state index contributed by atoms with van der Waals surface area (Å²) in [5.41, 5.74) is 1.40. The zero-order valence-corrected chi connectivity index (χ0v) is 13.6. The Labute approximate surface area is 141 Å². The van der Waals surface area contributed by atoms with Crippen LogP contribution >= 0.6 is 0 Å². The van der Waals surface area contributed by atoms with Crippen molar-refractivity contribution in [3.63, 3.8) is 0 Å². The summed E-state index contributed by atoms with van der Waals surface area (Å²) >= 11 is 0. The van der Waals surface area contributed by atoms with Gasteiger partial charge in [-0.15, -0.1) is 0 Å². The number of para-hydroxylation sites is 1. The molecule has 1 heterocycles. The number of imide groups is 1. The molecule has 0 spiro atoms. The SMILES string of the molecule is CCCOc1ccc(N2C(=O)CC(Nc3ccccc3)C2=O)cc1. The summed E-state index contributed by atoms with van der Waals surface area (Å²) < 4.78 is 5.53. The van der Waals surface area contributed by atoms with Crippen molar-refractivity contribution in [3.05, 3.63) is 54.6 Å². The summed E-state index contributed by atoms with van der Waals surface area (Å²) in [4.78, 5) is 26.1. The average Bonchev–Trinajstić information content (AvgIpc) is 2.88. The van der Waals surface area contributed by atoms with E-state index < -0.39 is 6.04 Å². The van der Waals surface area contributed by atoms with Crippen LogP contribution in [0.2, 0.25) is 0 Å². The molecule has 24 heavy (non-hydrogen) atoms. The molecule has 1 fully saturated rings. The second kappa shape index (κ2) is 7.17. The molecular weight excluding hydrogens is 304 g/mol. The second-order valence-electron chi connectivity index (χ2n) is 5.68. The van der Waals surface area contributed by atoms with Gasteiger partial charge in [0.15, 0.2) is 0 Å². The highest BCUT2D eigenvalue weighted by molar-refractivity contribution is 6.23. The minimum Gasteiger partial charge on any atom is -0.494 e. The molecule has 124 valence electrons. The minimum atomic E-state index is -0.532. The minimum absolute atomic E-state index is 0.155. The van der Waals surface area contributed by atoms with Gasteiger partial charge in [0.1, 0.15) is 11.8 Å². The van der Waals surface area contributed by atoms with E-state index in [1.807, 2.05) is 37.3 Å². The van der Waals surface area contributed by atoms with Crippen LogP contribution < -0.4 is 15.0 Å². The maximum absolute atomic E-state index is 12.6. The first-order chi connectivity index (χ1) is 11.7. The van der Waals surface area contributed by atoms with Crippen molar-refractivity contribution in [2.24, 2.45) is 0 Å². The van der Waals surface area contributed by atoms with Gasteiger partial charge in [-0.25, -0.2) is 4.90 Å². The first-order valence-electron chi connectivity index (χ1n) is 8.10. The summed E-state index contributed by atoms with van der Waals surface area (Å²) in [5.74, 6) is 0.306. The van der Waals surface area contributed by atoms with Crippen molar-refractivity contribution >= 4 is 23.2 Å². The lowest BCUT2D eigenvalue weighted by Gasteiger charge is -2.16. The Morgan fingerprint density at radius 1 is 1.08 bits per heavy atom. The number of carbonyl (C=O) groups is 2. The molecule has 2 aromatic rings. The zero-order chi connectivity index (χ0) is 16.9. The predicted octanol–water partition coefficient (Wildman–Crippen LogP) is 3.22. The number of hydrogen-bond donors (Lipinski definition) is 1. The summed E-state index contributed by atoms with van der Waals surface area (Å²) in [5, 5.41) is 3.12. The molecular formula is C19H20N2O3. The summed E-state index contributed by atoms with van der Waals surface area (Å²) in [6, 6.07) is 15.9. The van der Waals surface area contributed by atoms with Gasteiger partial charge in [-0.2, -0.15) is 0 Å². The first kappa shape index (κ1) is 16.1. The van der Waals surface area contributed by atoms with E-state index in [0.29, 0.717) is 12.3 Å². The molecule has 0 aliphatic carbocycles. The van der Waals surface area contributed by atoms with Crippen LogP contribution in [0.25, 0.3) is 0 Å². The van der Waals surface area contributed by atoms with Crippen LogP contribution in [0.3, 0.4) is 0 Å². The van der Waals surface area contributed by atoms with Gasteiger partial charge in [0.05, 0.1) is 18.7 Å². The molecule has 1 aliphatic heterocycles. The molecule has 2 aromatic carbocycles. The molecule has 5 heteroatoms. The lowest BCUT2D eigenvalue weighted by atomic mass is 10.2. The number of anilines is 2. The molecule has 2 amide bonds. The van der Waals surface area contributed by atoms with Crippen LogP contribution in [-0.4, -0.2) is 24.5 Å². The van der Waals surface area contributed by atoms with E-state index in [1.54, 1.807) is 24.3 Å². The van der Waals surface area contributed by atoms with E-state index in [9.17, 15) is 9.59 Å². The number of rotatable bonds is 6. The van der Waals surface area contributed by atoms with Gasteiger partial charge in [-0.1, -0.05) is 25.1 Å². The van der Waals surface area contributed by atoms with Crippen molar-refractivity contribution in [1.29, 1.82) is 0 Å². The molecule has 0 saturated carbocycles. The Balaban J connectivity index is 1.72. The van der Waals surface area contributed by atoms with Crippen molar-refractivity contribution in [3.8, 4) is 5.75 Å². The quantitative estimate of drug-likeness (QED) is 0.829. The molecule has 0 radical (unpaired) electrons. The second-order valence-corrected chi connectivity index (χ2v) is 5.68. The van der Waals surface area contributed by atoms with Crippen LogP contribution in [0.5, 0.6) is 5.75 Å². The Kier molecular flexibility index (Phi) is 4.79. The van der Waals surface area contributed by atoms with Gasteiger partial charge in [-0.3, -0.25) is 9.59 Å². The molecule has 0 bridgehead atoms. The van der Waals surface area contributed by atoms with Crippen LogP contribution in [0, 0.1) is 0 Å². The largest absolute Gasteiger partial charge is 0.494 e. The molecule has 1 unspecified atom stereocenters. The lowest BCUT2D eigenvalue weighted by Crippen LogP contribution is -2.34. The van der Waals surface area contributed by atoms with Gasteiger partial charge >= 0.3 is 0 Å². The van der Waals surface area contributed by atoms with Crippen LogP contribution in [0.1, 0.15) is 19.8 Å². The summed E-state index contributed by atoms with van der Waals surface area (Å²) in [6.07, 6.45) is 1.08.